The third-order valence-corrected chi connectivity index (χ3v) is 4.50. The molecule has 25 heavy (non-hydrogen) atoms. The quantitative estimate of drug-likeness (QED) is 0.794. The molecule has 0 saturated carbocycles. The van der Waals surface area contributed by atoms with Crippen LogP contribution in [0.1, 0.15) is 12.2 Å². The molecule has 1 aliphatic rings. The zero-order valence-electron chi connectivity index (χ0n) is 13.6. The minimum absolute atomic E-state index is 0.0161. The standard InChI is InChI=1S/C19H18N4O2/c24-18-10-14(13-23(18)15-6-2-1-3-7-15)19(25)21-12-17-20-11-16-8-4-5-9-22(16)17/h1-9,11,14H,10,12-13H2,(H,21,25). The Morgan fingerprint density at radius 3 is 2.80 bits per heavy atom. The number of aromatic nitrogens is 2. The maximum Gasteiger partial charge on any atom is 0.227 e. The smallest absolute Gasteiger partial charge is 0.227 e. The summed E-state index contributed by atoms with van der Waals surface area (Å²) >= 11 is 0. The second-order valence-corrected chi connectivity index (χ2v) is 6.13. The highest BCUT2D eigenvalue weighted by molar-refractivity contribution is 6.00. The number of pyridine rings is 1. The summed E-state index contributed by atoms with van der Waals surface area (Å²) in [5.41, 5.74) is 1.82. The van der Waals surface area contributed by atoms with Crippen LogP contribution < -0.4 is 10.2 Å². The minimum atomic E-state index is -0.334. The number of carbonyl (C=O) groups is 2. The molecule has 3 aromatic rings. The summed E-state index contributed by atoms with van der Waals surface area (Å²) in [7, 11) is 0. The van der Waals surface area contributed by atoms with Crippen molar-refractivity contribution >= 4 is 23.0 Å². The highest BCUT2D eigenvalue weighted by Gasteiger charge is 2.34. The highest BCUT2D eigenvalue weighted by Crippen LogP contribution is 2.24. The topological polar surface area (TPSA) is 66.7 Å². The molecule has 6 heteroatoms. The zero-order valence-corrected chi connectivity index (χ0v) is 13.6. The summed E-state index contributed by atoms with van der Waals surface area (Å²) in [6.45, 7) is 0.754. The molecule has 2 aromatic heterocycles. The van der Waals surface area contributed by atoms with Gasteiger partial charge in [0.25, 0.3) is 0 Å². The van der Waals surface area contributed by atoms with E-state index in [-0.39, 0.29) is 24.2 Å². The van der Waals surface area contributed by atoms with E-state index >= 15 is 0 Å². The maximum atomic E-state index is 12.5. The zero-order chi connectivity index (χ0) is 17.2. The van der Waals surface area contributed by atoms with E-state index in [1.165, 1.54) is 0 Å². The van der Waals surface area contributed by atoms with E-state index in [9.17, 15) is 9.59 Å². The first-order chi connectivity index (χ1) is 12.2. The van der Waals surface area contributed by atoms with Crippen LogP contribution in [0.15, 0.2) is 60.9 Å². The van der Waals surface area contributed by atoms with Crippen molar-refractivity contribution in [1.29, 1.82) is 0 Å². The third kappa shape index (κ3) is 2.98. The van der Waals surface area contributed by atoms with E-state index < -0.39 is 0 Å². The summed E-state index contributed by atoms with van der Waals surface area (Å²) in [4.78, 5) is 30.7. The van der Waals surface area contributed by atoms with Gasteiger partial charge in [0.05, 0.1) is 24.2 Å². The SMILES string of the molecule is O=C(NCc1ncc2ccccn12)C1CC(=O)N(c2ccccc2)C1. The molecule has 6 nitrogen and oxygen atoms in total. The Bertz CT molecular complexity index is 919. The van der Waals surface area contributed by atoms with E-state index in [4.69, 9.17) is 0 Å². The van der Waals surface area contributed by atoms with E-state index in [1.807, 2.05) is 59.1 Å². The number of fused-ring (bicyclic) bond motifs is 1. The number of amides is 2. The predicted octanol–water partition coefficient (Wildman–Crippen LogP) is 2.00. The first kappa shape index (κ1) is 15.4. The molecule has 1 fully saturated rings. The number of hydrogen-bond acceptors (Lipinski definition) is 3. The van der Waals surface area contributed by atoms with Gasteiger partial charge in [0.2, 0.25) is 11.8 Å². The molecule has 4 rings (SSSR count). The molecule has 0 radical (unpaired) electrons. The van der Waals surface area contributed by atoms with Crippen molar-refractivity contribution in [1.82, 2.24) is 14.7 Å². The number of imidazole rings is 1. The molecule has 1 N–H and O–H groups in total. The van der Waals surface area contributed by atoms with Crippen molar-refractivity contribution in [3.05, 3.63) is 66.7 Å². The second-order valence-electron chi connectivity index (χ2n) is 6.13. The van der Waals surface area contributed by atoms with Gasteiger partial charge >= 0.3 is 0 Å². The number of hydrogen-bond donors (Lipinski definition) is 1. The van der Waals surface area contributed by atoms with Crippen LogP contribution in [-0.2, 0) is 16.1 Å². The van der Waals surface area contributed by atoms with Gasteiger partial charge in [-0.2, -0.15) is 0 Å². The van der Waals surface area contributed by atoms with Crippen LogP contribution >= 0.6 is 0 Å². The fourth-order valence-electron chi connectivity index (χ4n) is 3.18. The molecule has 2 amide bonds. The molecular formula is C19H18N4O2. The largest absolute Gasteiger partial charge is 0.349 e. The lowest BCUT2D eigenvalue weighted by Gasteiger charge is -2.16. The van der Waals surface area contributed by atoms with Crippen LogP contribution in [-0.4, -0.2) is 27.7 Å². The van der Waals surface area contributed by atoms with Crippen molar-refractivity contribution in [2.24, 2.45) is 5.92 Å². The molecule has 3 heterocycles. The normalized spacial score (nSPS) is 17.2. The van der Waals surface area contributed by atoms with Gasteiger partial charge in [-0.15, -0.1) is 0 Å². The molecule has 0 aliphatic carbocycles. The van der Waals surface area contributed by atoms with Crippen LogP contribution in [0.4, 0.5) is 5.69 Å². The average Bonchev–Trinajstić information content (AvgIpc) is 3.24. The van der Waals surface area contributed by atoms with Gasteiger partial charge in [-0.05, 0) is 24.3 Å². The Morgan fingerprint density at radius 1 is 1.16 bits per heavy atom. The van der Waals surface area contributed by atoms with Crippen molar-refractivity contribution in [3.8, 4) is 0 Å². The number of benzene rings is 1. The molecule has 1 saturated heterocycles. The highest BCUT2D eigenvalue weighted by atomic mass is 16.2. The van der Waals surface area contributed by atoms with Gasteiger partial charge in [0.1, 0.15) is 5.82 Å². The Balaban J connectivity index is 1.41. The number of para-hydroxylation sites is 1. The lowest BCUT2D eigenvalue weighted by atomic mass is 10.1. The van der Waals surface area contributed by atoms with E-state index in [2.05, 4.69) is 10.3 Å². The summed E-state index contributed by atoms with van der Waals surface area (Å²) in [6, 6.07) is 15.3. The molecule has 0 spiro atoms. The van der Waals surface area contributed by atoms with Crippen molar-refractivity contribution in [3.63, 3.8) is 0 Å². The fraction of sp³-hybridized carbons (Fsp3) is 0.211. The lowest BCUT2D eigenvalue weighted by molar-refractivity contribution is -0.126. The van der Waals surface area contributed by atoms with Crippen LogP contribution in [0.3, 0.4) is 0 Å². The number of nitrogens with one attached hydrogen (secondary N) is 1. The molecule has 126 valence electrons. The third-order valence-electron chi connectivity index (χ3n) is 4.50. The van der Waals surface area contributed by atoms with Gasteiger partial charge in [0, 0.05) is 24.8 Å². The number of carbonyl (C=O) groups excluding carboxylic acids is 2. The first-order valence-electron chi connectivity index (χ1n) is 8.26. The first-order valence-corrected chi connectivity index (χ1v) is 8.26. The summed E-state index contributed by atoms with van der Waals surface area (Å²) in [6.07, 6.45) is 3.93. The second kappa shape index (κ2) is 6.39. The molecule has 1 aliphatic heterocycles. The summed E-state index contributed by atoms with van der Waals surface area (Å²) in [5.74, 6) is 0.309. The van der Waals surface area contributed by atoms with Crippen molar-refractivity contribution < 1.29 is 9.59 Å². The van der Waals surface area contributed by atoms with Crippen LogP contribution in [0.25, 0.3) is 5.52 Å². The van der Waals surface area contributed by atoms with E-state index in [1.54, 1.807) is 11.1 Å². The summed E-state index contributed by atoms with van der Waals surface area (Å²) in [5, 5.41) is 2.91. The molecule has 1 unspecified atom stereocenters. The Morgan fingerprint density at radius 2 is 1.96 bits per heavy atom. The Kier molecular flexibility index (Phi) is 3.93. The lowest BCUT2D eigenvalue weighted by Crippen LogP contribution is -2.33. The molecule has 1 aromatic carbocycles. The van der Waals surface area contributed by atoms with Crippen LogP contribution in [0, 0.1) is 5.92 Å². The Labute approximate surface area is 145 Å². The molecule has 0 bridgehead atoms. The maximum absolute atomic E-state index is 12.5. The monoisotopic (exact) mass is 334 g/mol. The van der Waals surface area contributed by atoms with Gasteiger partial charge in [-0.1, -0.05) is 24.3 Å². The predicted molar refractivity (Wildman–Crippen MR) is 93.9 cm³/mol. The van der Waals surface area contributed by atoms with Crippen LogP contribution in [0.2, 0.25) is 0 Å². The van der Waals surface area contributed by atoms with Gasteiger partial charge < -0.3 is 14.6 Å². The number of nitrogens with zero attached hydrogens (tertiary/aromatic N) is 3. The number of anilines is 1. The van der Waals surface area contributed by atoms with Crippen LogP contribution in [0.5, 0.6) is 0 Å². The fourth-order valence-corrected chi connectivity index (χ4v) is 3.18. The van der Waals surface area contributed by atoms with Gasteiger partial charge in [0.15, 0.2) is 0 Å². The summed E-state index contributed by atoms with van der Waals surface area (Å²) < 4.78 is 1.94. The van der Waals surface area contributed by atoms with E-state index in [0.717, 1.165) is 17.0 Å². The van der Waals surface area contributed by atoms with Gasteiger partial charge in [-0.3, -0.25) is 9.59 Å². The average molecular weight is 334 g/mol. The minimum Gasteiger partial charge on any atom is -0.349 e. The molecule has 1 atom stereocenters. The van der Waals surface area contributed by atoms with Gasteiger partial charge in [-0.25, -0.2) is 4.98 Å². The Hall–Kier alpha value is -3.15. The number of rotatable bonds is 4. The molecular weight excluding hydrogens is 316 g/mol. The van der Waals surface area contributed by atoms with E-state index in [0.29, 0.717) is 13.1 Å². The van der Waals surface area contributed by atoms with Crippen molar-refractivity contribution in [2.75, 3.05) is 11.4 Å². The van der Waals surface area contributed by atoms with Crippen molar-refractivity contribution in [2.45, 2.75) is 13.0 Å².